The first-order valence-corrected chi connectivity index (χ1v) is 13.4. The minimum atomic E-state index is -0.0479. The van der Waals surface area contributed by atoms with E-state index in [1.54, 1.807) is 41.2 Å². The number of pyridine rings is 1. The molecular weight excluding hydrogens is 476 g/mol. The summed E-state index contributed by atoms with van der Waals surface area (Å²) in [6.45, 7) is 3.12. The maximum atomic E-state index is 13.8. The van der Waals surface area contributed by atoms with Gasteiger partial charge in [0.1, 0.15) is 4.91 Å². The van der Waals surface area contributed by atoms with Gasteiger partial charge in [-0.05, 0) is 74.2 Å². The summed E-state index contributed by atoms with van der Waals surface area (Å²) in [7, 11) is 2.07. The van der Waals surface area contributed by atoms with Crippen LogP contribution in [0.3, 0.4) is 0 Å². The number of anilines is 1. The van der Waals surface area contributed by atoms with E-state index in [4.69, 9.17) is 4.99 Å². The minimum absolute atomic E-state index is 0.0479. The van der Waals surface area contributed by atoms with Gasteiger partial charge in [-0.3, -0.25) is 14.7 Å². The second-order valence-corrected chi connectivity index (χ2v) is 10.6. The van der Waals surface area contributed by atoms with Gasteiger partial charge in [0.2, 0.25) is 0 Å². The summed E-state index contributed by atoms with van der Waals surface area (Å²) in [6.07, 6.45) is 8.02. The summed E-state index contributed by atoms with van der Waals surface area (Å²) in [5, 5.41) is 14.3. The Labute approximate surface area is 214 Å². The van der Waals surface area contributed by atoms with Gasteiger partial charge in [0.05, 0.1) is 34.6 Å². The maximum Gasteiger partial charge on any atom is 0.269 e. The molecule has 0 unspecified atom stereocenters. The lowest BCUT2D eigenvalue weighted by atomic mass is 10.0. The molecule has 0 radical (unpaired) electrons. The van der Waals surface area contributed by atoms with E-state index in [0.717, 1.165) is 35.7 Å². The van der Waals surface area contributed by atoms with Crippen LogP contribution in [0, 0.1) is 11.3 Å². The summed E-state index contributed by atoms with van der Waals surface area (Å²) in [6, 6.07) is 11.4. The van der Waals surface area contributed by atoms with E-state index < -0.39 is 0 Å². The molecule has 0 atom stereocenters. The van der Waals surface area contributed by atoms with Crippen molar-refractivity contribution in [1.82, 2.24) is 14.8 Å². The van der Waals surface area contributed by atoms with E-state index in [1.165, 1.54) is 35.2 Å². The van der Waals surface area contributed by atoms with Crippen molar-refractivity contribution < 1.29 is 4.79 Å². The zero-order chi connectivity index (χ0) is 24.4. The Morgan fingerprint density at radius 1 is 1.23 bits per heavy atom. The Balaban J connectivity index is 1.57. The van der Waals surface area contributed by atoms with Crippen molar-refractivity contribution in [3.8, 4) is 6.07 Å². The Morgan fingerprint density at radius 2 is 2.09 bits per heavy atom. The van der Waals surface area contributed by atoms with Gasteiger partial charge in [0.15, 0.2) is 5.17 Å². The number of amides is 1. The number of hydrogen-bond donors (Lipinski definition) is 1. The highest BCUT2D eigenvalue weighted by atomic mass is 32.2. The van der Waals surface area contributed by atoms with Crippen LogP contribution in [0.2, 0.25) is 0 Å². The number of amidine groups is 1. The number of allylic oxidation sites excluding steroid dienone is 2. The van der Waals surface area contributed by atoms with Crippen LogP contribution in [0.1, 0.15) is 43.7 Å². The van der Waals surface area contributed by atoms with E-state index in [-0.39, 0.29) is 5.91 Å². The van der Waals surface area contributed by atoms with Gasteiger partial charge in [-0.15, -0.1) is 0 Å². The van der Waals surface area contributed by atoms with Crippen molar-refractivity contribution in [2.24, 2.45) is 4.99 Å². The molecule has 1 saturated heterocycles. The Morgan fingerprint density at radius 3 is 2.83 bits per heavy atom. The molecule has 1 N–H and O–H groups in total. The highest BCUT2D eigenvalue weighted by Gasteiger charge is 2.40. The first-order valence-electron chi connectivity index (χ1n) is 11.7. The summed E-state index contributed by atoms with van der Waals surface area (Å²) < 4.78 is 0. The number of aromatic nitrogens is 1. The molecule has 2 aromatic rings. The van der Waals surface area contributed by atoms with E-state index in [1.807, 2.05) is 25.1 Å². The fraction of sp³-hybridized carbons (Fsp3) is 0.308. The number of carbonyl (C=O) groups excluding carboxylic acids is 1. The Bertz CT molecular complexity index is 1290. The van der Waals surface area contributed by atoms with Crippen LogP contribution in [0.5, 0.6) is 0 Å². The molecular formula is C26H26N6OS2. The normalized spacial score (nSPS) is 21.1. The standard InChI is InChI=1S/C26H26N6OS2/c1-3-29-19-11-10-17(14-27)13-20(19)30-26-32(16-18-7-6-12-28-15-18)24(33)23(35-26)25-31(2)21-8-4-5-9-22(21)34-25/h6-7,10-13,15,29H,3-5,8-9,16H2,1-2H3/b25-23-,30-26?. The van der Waals surface area contributed by atoms with Crippen molar-refractivity contribution in [2.45, 2.75) is 39.2 Å². The molecule has 1 aromatic carbocycles. The van der Waals surface area contributed by atoms with Crippen molar-refractivity contribution in [2.75, 3.05) is 18.9 Å². The van der Waals surface area contributed by atoms with Crippen molar-refractivity contribution in [3.05, 3.63) is 74.4 Å². The monoisotopic (exact) mass is 502 g/mol. The van der Waals surface area contributed by atoms with Gasteiger partial charge in [0.25, 0.3) is 5.91 Å². The molecule has 0 bridgehead atoms. The van der Waals surface area contributed by atoms with Crippen LogP contribution in [0.4, 0.5) is 11.4 Å². The number of aliphatic imine (C=N–C) groups is 1. The largest absolute Gasteiger partial charge is 0.384 e. The lowest BCUT2D eigenvalue weighted by Crippen LogP contribution is -2.29. The molecule has 3 heterocycles. The highest BCUT2D eigenvalue weighted by Crippen LogP contribution is 2.51. The third-order valence-electron chi connectivity index (χ3n) is 6.15. The van der Waals surface area contributed by atoms with E-state index in [9.17, 15) is 10.1 Å². The lowest BCUT2D eigenvalue weighted by molar-refractivity contribution is -0.122. The topological polar surface area (TPSA) is 84.6 Å². The fourth-order valence-corrected chi connectivity index (χ4v) is 6.92. The van der Waals surface area contributed by atoms with Crippen molar-refractivity contribution in [3.63, 3.8) is 0 Å². The third kappa shape index (κ3) is 4.68. The van der Waals surface area contributed by atoms with Crippen LogP contribution in [0.15, 0.2) is 68.3 Å². The van der Waals surface area contributed by atoms with Crippen LogP contribution in [-0.4, -0.2) is 39.5 Å². The molecule has 1 aliphatic carbocycles. The first kappa shape index (κ1) is 23.5. The number of nitrogens with one attached hydrogen (secondary N) is 1. The molecule has 1 amide bonds. The number of rotatable bonds is 5. The Hall–Kier alpha value is -3.22. The predicted octanol–water partition coefficient (Wildman–Crippen LogP) is 5.78. The number of nitriles is 1. The molecule has 2 aliphatic heterocycles. The van der Waals surface area contributed by atoms with Gasteiger partial charge < -0.3 is 10.2 Å². The van der Waals surface area contributed by atoms with Crippen molar-refractivity contribution in [1.29, 1.82) is 5.26 Å². The zero-order valence-electron chi connectivity index (χ0n) is 19.7. The number of benzene rings is 1. The SMILES string of the molecule is CCNc1ccc(C#N)cc1N=C1S/C(=C2\SC3=C(CCCC3)N2C)C(=O)N1Cc1cccnc1. The molecule has 1 fully saturated rings. The molecule has 35 heavy (non-hydrogen) atoms. The molecule has 1 aromatic heterocycles. The number of carbonyl (C=O) groups is 1. The predicted molar refractivity (Wildman–Crippen MR) is 143 cm³/mol. The molecule has 178 valence electrons. The second-order valence-electron chi connectivity index (χ2n) is 8.50. The van der Waals surface area contributed by atoms with Gasteiger partial charge in [-0.25, -0.2) is 4.99 Å². The molecule has 7 nitrogen and oxygen atoms in total. The van der Waals surface area contributed by atoms with Gasteiger partial charge >= 0.3 is 0 Å². The van der Waals surface area contributed by atoms with E-state index in [2.05, 4.69) is 28.3 Å². The van der Waals surface area contributed by atoms with Crippen LogP contribution in [-0.2, 0) is 11.3 Å². The Kier molecular flexibility index (Phi) is 6.84. The summed E-state index contributed by atoms with van der Waals surface area (Å²) in [5.74, 6) is -0.0479. The van der Waals surface area contributed by atoms with Gasteiger partial charge in [-0.2, -0.15) is 5.26 Å². The van der Waals surface area contributed by atoms with Crippen LogP contribution >= 0.6 is 23.5 Å². The van der Waals surface area contributed by atoms with Crippen LogP contribution < -0.4 is 5.32 Å². The molecule has 9 heteroatoms. The summed E-state index contributed by atoms with van der Waals surface area (Å²) in [5.41, 5.74) is 4.29. The smallest absolute Gasteiger partial charge is 0.269 e. The minimum Gasteiger partial charge on any atom is -0.384 e. The lowest BCUT2D eigenvalue weighted by Gasteiger charge is -2.20. The number of hydrogen-bond acceptors (Lipinski definition) is 8. The molecule has 5 rings (SSSR count). The fourth-order valence-electron chi connectivity index (χ4n) is 4.40. The van der Waals surface area contributed by atoms with Crippen LogP contribution in [0.25, 0.3) is 0 Å². The van der Waals surface area contributed by atoms with Gasteiger partial charge in [0, 0.05) is 36.6 Å². The zero-order valence-corrected chi connectivity index (χ0v) is 21.4. The van der Waals surface area contributed by atoms with E-state index in [0.29, 0.717) is 27.9 Å². The average Bonchev–Trinajstić information content (AvgIpc) is 3.37. The van der Waals surface area contributed by atoms with Gasteiger partial charge in [-0.1, -0.05) is 17.8 Å². The second kappa shape index (κ2) is 10.2. The maximum absolute atomic E-state index is 13.8. The summed E-state index contributed by atoms with van der Waals surface area (Å²) in [4.78, 5) is 29.0. The van der Waals surface area contributed by atoms with Crippen molar-refractivity contribution >= 4 is 46.0 Å². The van der Waals surface area contributed by atoms with E-state index >= 15 is 0 Å². The summed E-state index contributed by atoms with van der Waals surface area (Å²) >= 11 is 3.15. The first-order chi connectivity index (χ1) is 17.1. The molecule has 0 saturated carbocycles. The number of nitrogens with zero attached hydrogens (tertiary/aromatic N) is 5. The molecule has 0 spiro atoms. The number of thioether (sulfide) groups is 2. The highest BCUT2D eigenvalue weighted by molar-refractivity contribution is 8.19. The third-order valence-corrected chi connectivity index (χ3v) is 8.70. The quantitative estimate of drug-likeness (QED) is 0.519. The molecule has 3 aliphatic rings. The average molecular weight is 503 g/mol.